The summed E-state index contributed by atoms with van der Waals surface area (Å²) in [4.78, 5) is 10.1. The Labute approximate surface area is 91.6 Å². The average Bonchev–Trinajstić information content (AvgIpc) is 2.19. The van der Waals surface area contributed by atoms with E-state index in [1.807, 2.05) is 0 Å². The van der Waals surface area contributed by atoms with Crippen molar-refractivity contribution in [2.45, 2.75) is 19.5 Å². The van der Waals surface area contributed by atoms with E-state index < -0.39 is 11.7 Å². The van der Waals surface area contributed by atoms with Crippen molar-refractivity contribution in [1.82, 2.24) is 0 Å². The Bertz CT molecular complexity index is 405. The minimum atomic E-state index is -4.33. The number of benzene rings is 1. The van der Waals surface area contributed by atoms with Crippen LogP contribution in [0.2, 0.25) is 0 Å². The molecule has 0 N–H and O–H groups in total. The highest BCUT2D eigenvalue weighted by molar-refractivity contribution is 5.60. The van der Waals surface area contributed by atoms with Crippen molar-refractivity contribution in [1.29, 1.82) is 0 Å². The van der Waals surface area contributed by atoms with E-state index in [1.165, 1.54) is 25.1 Å². The van der Waals surface area contributed by atoms with Gasteiger partial charge in [-0.3, -0.25) is 0 Å². The Morgan fingerprint density at radius 1 is 1.31 bits per heavy atom. The summed E-state index contributed by atoms with van der Waals surface area (Å²) in [5, 5.41) is 0. The first-order valence-electron chi connectivity index (χ1n) is 4.74. The minimum absolute atomic E-state index is 0.178. The maximum absolute atomic E-state index is 12.5. The number of allylic oxidation sites excluding steroid dienone is 1. The molecule has 0 radical (unpaired) electrons. The van der Waals surface area contributed by atoms with E-state index in [0.717, 1.165) is 6.07 Å². The smallest absolute Gasteiger partial charge is 0.303 e. The zero-order chi connectivity index (χ0) is 12.2. The maximum atomic E-state index is 12.5. The van der Waals surface area contributed by atoms with E-state index in [4.69, 9.17) is 0 Å². The predicted molar refractivity (Wildman–Crippen MR) is 55.9 cm³/mol. The molecular formula is C12H11F3O. The standard InChI is InChI=1S/C12H11F3O/c1-9-10(5-2-3-8-16)6-4-7-11(9)12(13,14)15/h2,4-8H,3H2,1H3. The number of aldehydes is 1. The highest BCUT2D eigenvalue weighted by Crippen LogP contribution is 2.33. The van der Waals surface area contributed by atoms with Crippen LogP contribution in [0.4, 0.5) is 13.2 Å². The van der Waals surface area contributed by atoms with E-state index in [2.05, 4.69) is 0 Å². The molecule has 0 atom stereocenters. The van der Waals surface area contributed by atoms with Gasteiger partial charge in [0.15, 0.2) is 0 Å². The fourth-order valence-electron chi connectivity index (χ4n) is 1.39. The molecule has 0 unspecified atom stereocenters. The molecule has 0 spiro atoms. The zero-order valence-electron chi connectivity index (χ0n) is 8.71. The predicted octanol–water partition coefficient (Wildman–Crippen LogP) is 3.62. The van der Waals surface area contributed by atoms with Gasteiger partial charge in [0.05, 0.1) is 5.56 Å². The number of halogens is 3. The molecule has 0 heterocycles. The second-order valence-electron chi connectivity index (χ2n) is 3.32. The lowest BCUT2D eigenvalue weighted by Gasteiger charge is -2.11. The summed E-state index contributed by atoms with van der Waals surface area (Å²) in [6.45, 7) is 1.42. The van der Waals surface area contributed by atoms with Crippen molar-refractivity contribution < 1.29 is 18.0 Å². The Morgan fingerprint density at radius 2 is 2.00 bits per heavy atom. The van der Waals surface area contributed by atoms with Gasteiger partial charge >= 0.3 is 6.18 Å². The molecule has 0 aliphatic rings. The lowest BCUT2D eigenvalue weighted by atomic mass is 10.0. The van der Waals surface area contributed by atoms with Gasteiger partial charge in [0.25, 0.3) is 0 Å². The average molecular weight is 228 g/mol. The monoisotopic (exact) mass is 228 g/mol. The fourth-order valence-corrected chi connectivity index (χ4v) is 1.39. The van der Waals surface area contributed by atoms with Crippen LogP contribution in [0.25, 0.3) is 6.08 Å². The molecule has 1 rings (SSSR count). The first-order valence-corrected chi connectivity index (χ1v) is 4.74. The summed E-state index contributed by atoms with van der Waals surface area (Å²) in [5.41, 5.74) is 0.0228. The minimum Gasteiger partial charge on any atom is -0.303 e. The van der Waals surface area contributed by atoms with Crippen LogP contribution in [-0.2, 0) is 11.0 Å². The molecule has 0 aliphatic carbocycles. The molecular weight excluding hydrogens is 217 g/mol. The molecule has 0 fully saturated rings. The molecule has 1 nitrogen and oxygen atoms in total. The molecule has 1 aromatic carbocycles. The summed E-state index contributed by atoms with van der Waals surface area (Å²) in [6, 6.07) is 3.99. The third-order valence-electron chi connectivity index (χ3n) is 2.21. The Hall–Kier alpha value is -1.58. The van der Waals surface area contributed by atoms with Crippen molar-refractivity contribution in [3.63, 3.8) is 0 Å². The van der Waals surface area contributed by atoms with Gasteiger partial charge in [-0.25, -0.2) is 0 Å². The molecule has 0 bridgehead atoms. The molecule has 16 heavy (non-hydrogen) atoms. The lowest BCUT2D eigenvalue weighted by molar-refractivity contribution is -0.138. The van der Waals surface area contributed by atoms with Crippen LogP contribution in [0.5, 0.6) is 0 Å². The number of hydrogen-bond donors (Lipinski definition) is 0. The van der Waals surface area contributed by atoms with Gasteiger partial charge in [0.1, 0.15) is 6.29 Å². The van der Waals surface area contributed by atoms with Crippen LogP contribution in [0.15, 0.2) is 24.3 Å². The van der Waals surface area contributed by atoms with Crippen molar-refractivity contribution in [2.75, 3.05) is 0 Å². The molecule has 0 saturated carbocycles. The molecule has 0 aromatic heterocycles. The fraction of sp³-hybridized carbons (Fsp3) is 0.250. The zero-order valence-corrected chi connectivity index (χ0v) is 8.71. The molecule has 0 aliphatic heterocycles. The van der Waals surface area contributed by atoms with E-state index in [0.29, 0.717) is 11.8 Å². The van der Waals surface area contributed by atoms with Crippen molar-refractivity contribution >= 4 is 12.4 Å². The summed E-state index contributed by atoms with van der Waals surface area (Å²) in [6.07, 6.45) is -0.373. The van der Waals surface area contributed by atoms with Gasteiger partial charge < -0.3 is 4.79 Å². The topological polar surface area (TPSA) is 17.1 Å². The summed E-state index contributed by atoms with van der Waals surface area (Å²) >= 11 is 0. The molecule has 4 heteroatoms. The van der Waals surface area contributed by atoms with Crippen LogP contribution >= 0.6 is 0 Å². The van der Waals surface area contributed by atoms with Crippen LogP contribution in [-0.4, -0.2) is 6.29 Å². The lowest BCUT2D eigenvalue weighted by Crippen LogP contribution is -2.07. The third kappa shape index (κ3) is 2.95. The van der Waals surface area contributed by atoms with Gasteiger partial charge in [-0.2, -0.15) is 13.2 Å². The van der Waals surface area contributed by atoms with Crippen molar-refractivity contribution in [3.05, 3.63) is 41.0 Å². The van der Waals surface area contributed by atoms with Gasteiger partial charge in [-0.1, -0.05) is 24.3 Å². The Kier molecular flexibility index (Phi) is 3.88. The highest BCUT2D eigenvalue weighted by Gasteiger charge is 2.32. The normalized spacial score (nSPS) is 12.0. The summed E-state index contributed by atoms with van der Waals surface area (Å²) < 4.78 is 37.6. The van der Waals surface area contributed by atoms with Crippen molar-refractivity contribution in [2.24, 2.45) is 0 Å². The molecule has 0 saturated heterocycles. The van der Waals surface area contributed by atoms with E-state index in [9.17, 15) is 18.0 Å². The van der Waals surface area contributed by atoms with Crippen LogP contribution in [0, 0.1) is 6.92 Å². The number of carbonyl (C=O) groups is 1. The first kappa shape index (κ1) is 12.5. The van der Waals surface area contributed by atoms with Gasteiger partial charge in [0.2, 0.25) is 0 Å². The summed E-state index contributed by atoms with van der Waals surface area (Å²) in [5.74, 6) is 0. The third-order valence-corrected chi connectivity index (χ3v) is 2.21. The van der Waals surface area contributed by atoms with Crippen LogP contribution < -0.4 is 0 Å². The number of hydrogen-bond acceptors (Lipinski definition) is 1. The maximum Gasteiger partial charge on any atom is 0.416 e. The first-order chi connectivity index (χ1) is 7.46. The largest absolute Gasteiger partial charge is 0.416 e. The van der Waals surface area contributed by atoms with Gasteiger partial charge in [-0.15, -0.1) is 0 Å². The Balaban J connectivity index is 3.09. The molecule has 0 amide bonds. The molecule has 86 valence electrons. The number of alkyl halides is 3. The van der Waals surface area contributed by atoms with Crippen molar-refractivity contribution in [3.8, 4) is 0 Å². The van der Waals surface area contributed by atoms with E-state index >= 15 is 0 Å². The summed E-state index contributed by atoms with van der Waals surface area (Å²) in [7, 11) is 0. The van der Waals surface area contributed by atoms with Crippen LogP contribution in [0.1, 0.15) is 23.1 Å². The van der Waals surface area contributed by atoms with Crippen LogP contribution in [0.3, 0.4) is 0 Å². The number of carbonyl (C=O) groups excluding carboxylic acids is 1. The Morgan fingerprint density at radius 3 is 2.56 bits per heavy atom. The highest BCUT2D eigenvalue weighted by atomic mass is 19.4. The van der Waals surface area contributed by atoms with E-state index in [1.54, 1.807) is 6.07 Å². The quantitative estimate of drug-likeness (QED) is 0.722. The molecule has 1 aromatic rings. The van der Waals surface area contributed by atoms with Gasteiger partial charge in [-0.05, 0) is 24.1 Å². The van der Waals surface area contributed by atoms with E-state index in [-0.39, 0.29) is 12.0 Å². The second-order valence-corrected chi connectivity index (χ2v) is 3.32. The van der Waals surface area contributed by atoms with Gasteiger partial charge in [0, 0.05) is 6.42 Å². The number of rotatable bonds is 3. The second kappa shape index (κ2) is 4.96. The SMILES string of the molecule is Cc1c(C=CCC=O)cccc1C(F)(F)F.